The van der Waals surface area contributed by atoms with E-state index in [1.807, 2.05) is 6.07 Å². The Morgan fingerprint density at radius 3 is 2.78 bits per heavy atom. The van der Waals surface area contributed by atoms with Crippen molar-refractivity contribution in [3.63, 3.8) is 0 Å². The van der Waals surface area contributed by atoms with E-state index in [2.05, 4.69) is 30.7 Å². The Labute approximate surface area is 138 Å². The summed E-state index contributed by atoms with van der Waals surface area (Å²) in [5.74, 6) is 1.82. The first-order chi connectivity index (χ1) is 10.8. The minimum atomic E-state index is -0.227. The largest absolute Gasteiger partial charge is 0.378 e. The first kappa shape index (κ1) is 17.7. The summed E-state index contributed by atoms with van der Waals surface area (Å²) >= 11 is 0. The van der Waals surface area contributed by atoms with E-state index in [1.54, 1.807) is 7.11 Å². The zero-order valence-electron chi connectivity index (χ0n) is 14.6. The second-order valence-electron chi connectivity index (χ2n) is 7.35. The molecule has 1 aliphatic heterocycles. The fraction of sp³-hybridized carbons (Fsp3) is 0.706. The molecule has 1 unspecified atom stereocenters. The molecule has 2 N–H and O–H groups in total. The van der Waals surface area contributed by atoms with Crippen LogP contribution in [0.2, 0.25) is 0 Å². The van der Waals surface area contributed by atoms with Gasteiger partial charge in [0.05, 0.1) is 12.3 Å². The normalized spacial score (nSPS) is 19.0. The summed E-state index contributed by atoms with van der Waals surface area (Å²) in [4.78, 5) is 22.8. The second-order valence-corrected chi connectivity index (χ2v) is 7.35. The molecule has 1 amide bonds. The van der Waals surface area contributed by atoms with Crippen LogP contribution in [0.5, 0.6) is 0 Å². The van der Waals surface area contributed by atoms with Gasteiger partial charge in [-0.15, -0.1) is 0 Å². The lowest BCUT2D eigenvalue weighted by Gasteiger charge is -2.34. The molecule has 0 bridgehead atoms. The fourth-order valence-electron chi connectivity index (χ4n) is 2.93. The third kappa shape index (κ3) is 4.89. The number of ether oxygens (including phenoxy) is 1. The van der Waals surface area contributed by atoms with Crippen molar-refractivity contribution in [2.75, 3.05) is 25.1 Å². The Balaban J connectivity index is 2.26. The molecule has 0 spiro atoms. The summed E-state index contributed by atoms with van der Waals surface area (Å²) < 4.78 is 5.24. The van der Waals surface area contributed by atoms with Gasteiger partial charge in [0, 0.05) is 38.1 Å². The molecule has 128 valence electrons. The third-order valence-electron chi connectivity index (χ3n) is 4.06. The van der Waals surface area contributed by atoms with Gasteiger partial charge in [0.15, 0.2) is 0 Å². The number of hydrogen-bond acceptors (Lipinski definition) is 5. The number of piperidine rings is 1. The summed E-state index contributed by atoms with van der Waals surface area (Å²) in [5, 5.41) is 0. The van der Waals surface area contributed by atoms with E-state index in [0.717, 1.165) is 43.3 Å². The van der Waals surface area contributed by atoms with Crippen LogP contribution in [0.3, 0.4) is 0 Å². The third-order valence-corrected chi connectivity index (χ3v) is 4.06. The van der Waals surface area contributed by atoms with E-state index in [9.17, 15) is 4.79 Å². The molecule has 0 radical (unpaired) electrons. The topological polar surface area (TPSA) is 81.3 Å². The zero-order chi connectivity index (χ0) is 17.0. The van der Waals surface area contributed by atoms with Crippen molar-refractivity contribution in [2.45, 2.75) is 52.1 Å². The number of carbonyl (C=O) groups excluding carboxylic acids is 1. The van der Waals surface area contributed by atoms with Crippen molar-refractivity contribution in [3.8, 4) is 0 Å². The Kier molecular flexibility index (Phi) is 5.57. The highest BCUT2D eigenvalue weighted by Crippen LogP contribution is 2.27. The number of nitrogens with zero attached hydrogens (tertiary/aromatic N) is 3. The smallest absolute Gasteiger partial charge is 0.217 e. The molecule has 1 fully saturated rings. The molecular weight excluding hydrogens is 292 g/mol. The molecule has 1 aromatic rings. The molecule has 2 heterocycles. The Bertz CT molecular complexity index is 554. The highest BCUT2D eigenvalue weighted by Gasteiger charge is 2.25. The minimum Gasteiger partial charge on any atom is -0.378 e. The molecule has 2 rings (SSSR count). The molecule has 23 heavy (non-hydrogen) atoms. The number of amides is 1. The van der Waals surface area contributed by atoms with Crippen LogP contribution >= 0.6 is 0 Å². The van der Waals surface area contributed by atoms with E-state index in [1.165, 1.54) is 0 Å². The fourth-order valence-corrected chi connectivity index (χ4v) is 2.93. The Morgan fingerprint density at radius 2 is 2.17 bits per heavy atom. The summed E-state index contributed by atoms with van der Waals surface area (Å²) in [5.41, 5.74) is 6.12. The zero-order valence-corrected chi connectivity index (χ0v) is 14.6. The van der Waals surface area contributed by atoms with E-state index < -0.39 is 0 Å². The van der Waals surface area contributed by atoms with Crippen molar-refractivity contribution < 1.29 is 9.53 Å². The molecular formula is C17H28N4O2. The second kappa shape index (κ2) is 7.25. The molecule has 1 atom stereocenters. The van der Waals surface area contributed by atoms with Crippen molar-refractivity contribution >= 4 is 11.7 Å². The van der Waals surface area contributed by atoms with Crippen LogP contribution in [0.25, 0.3) is 0 Å². The average Bonchev–Trinajstić information content (AvgIpc) is 2.46. The van der Waals surface area contributed by atoms with Crippen LogP contribution in [0.4, 0.5) is 5.82 Å². The van der Waals surface area contributed by atoms with Gasteiger partial charge in [-0.2, -0.15) is 0 Å². The summed E-state index contributed by atoms with van der Waals surface area (Å²) in [6.07, 6.45) is 2.53. The number of methoxy groups -OCH3 is 1. The first-order valence-corrected chi connectivity index (χ1v) is 8.20. The average molecular weight is 320 g/mol. The van der Waals surface area contributed by atoms with E-state index in [-0.39, 0.29) is 11.3 Å². The number of aromatic nitrogens is 2. The van der Waals surface area contributed by atoms with Crippen molar-refractivity contribution in [1.82, 2.24) is 9.97 Å². The molecule has 1 aliphatic rings. The quantitative estimate of drug-likeness (QED) is 0.897. The molecule has 0 aromatic carbocycles. The Morgan fingerprint density at radius 1 is 1.43 bits per heavy atom. The molecule has 1 aromatic heterocycles. The predicted octanol–water partition coefficient (Wildman–Crippen LogP) is 2.01. The monoisotopic (exact) mass is 320 g/mol. The summed E-state index contributed by atoms with van der Waals surface area (Å²) in [7, 11) is 1.67. The molecule has 0 aliphatic carbocycles. The van der Waals surface area contributed by atoms with Gasteiger partial charge in [0.2, 0.25) is 5.91 Å². The Hall–Kier alpha value is -1.69. The molecule has 6 heteroatoms. The first-order valence-electron chi connectivity index (χ1n) is 8.20. The lowest BCUT2D eigenvalue weighted by molar-refractivity contribution is -0.118. The molecule has 1 saturated heterocycles. The maximum atomic E-state index is 11.2. The van der Waals surface area contributed by atoms with Gasteiger partial charge in [0.25, 0.3) is 0 Å². The lowest BCUT2D eigenvalue weighted by Crippen LogP contribution is -2.38. The van der Waals surface area contributed by atoms with E-state index in [0.29, 0.717) is 18.9 Å². The number of nitrogens with two attached hydrogens (primary N) is 1. The maximum Gasteiger partial charge on any atom is 0.217 e. The number of hydrogen-bond donors (Lipinski definition) is 1. The van der Waals surface area contributed by atoms with Crippen LogP contribution in [0.1, 0.15) is 51.6 Å². The van der Waals surface area contributed by atoms with Crippen molar-refractivity contribution in [1.29, 1.82) is 0 Å². The van der Waals surface area contributed by atoms with Gasteiger partial charge >= 0.3 is 0 Å². The summed E-state index contributed by atoms with van der Waals surface area (Å²) in [6.45, 7) is 8.55. The van der Waals surface area contributed by atoms with Crippen LogP contribution in [-0.4, -0.2) is 36.1 Å². The van der Waals surface area contributed by atoms with Crippen molar-refractivity contribution in [3.05, 3.63) is 17.6 Å². The number of anilines is 1. The van der Waals surface area contributed by atoms with Gasteiger partial charge in [-0.25, -0.2) is 9.97 Å². The van der Waals surface area contributed by atoms with Gasteiger partial charge in [-0.3, -0.25) is 4.79 Å². The molecule has 6 nitrogen and oxygen atoms in total. The van der Waals surface area contributed by atoms with E-state index >= 15 is 0 Å². The van der Waals surface area contributed by atoms with E-state index in [4.69, 9.17) is 15.5 Å². The summed E-state index contributed by atoms with van der Waals surface area (Å²) in [6, 6.07) is 1.99. The lowest BCUT2D eigenvalue weighted by atomic mass is 9.94. The van der Waals surface area contributed by atoms with Gasteiger partial charge < -0.3 is 15.4 Å². The van der Waals surface area contributed by atoms with Crippen LogP contribution < -0.4 is 10.6 Å². The van der Waals surface area contributed by atoms with Gasteiger partial charge in [0.1, 0.15) is 11.6 Å². The van der Waals surface area contributed by atoms with Crippen LogP contribution in [0.15, 0.2) is 6.07 Å². The highest BCUT2D eigenvalue weighted by atomic mass is 16.5. The standard InChI is InChI=1S/C17H28N4O2/c1-17(2,3)16-19-13(11-23-4)9-15(20-16)21-7-5-6-12(10-21)8-14(18)22/h9,12H,5-8,10-11H2,1-4H3,(H2,18,22). The SMILES string of the molecule is COCc1cc(N2CCCC(CC(N)=O)C2)nc(C(C)(C)C)n1. The van der Waals surface area contributed by atoms with Gasteiger partial charge in [-0.1, -0.05) is 20.8 Å². The maximum absolute atomic E-state index is 11.2. The van der Waals surface area contributed by atoms with Crippen molar-refractivity contribution in [2.24, 2.45) is 11.7 Å². The minimum absolute atomic E-state index is 0.124. The number of primary amides is 1. The highest BCUT2D eigenvalue weighted by molar-refractivity contribution is 5.74. The van der Waals surface area contributed by atoms with Crippen LogP contribution in [-0.2, 0) is 21.6 Å². The number of carbonyl (C=O) groups is 1. The van der Waals surface area contributed by atoms with Crippen LogP contribution in [0, 0.1) is 5.92 Å². The van der Waals surface area contributed by atoms with Gasteiger partial charge in [-0.05, 0) is 18.8 Å². The molecule has 0 saturated carbocycles. The predicted molar refractivity (Wildman–Crippen MR) is 90.2 cm³/mol. The number of rotatable bonds is 5.